The third-order valence-electron chi connectivity index (χ3n) is 4.48. The Labute approximate surface area is 221 Å². The molecule has 1 aromatic carbocycles. The lowest BCUT2D eigenvalue weighted by Gasteiger charge is -2.03. The van der Waals surface area contributed by atoms with Crippen molar-refractivity contribution >= 4 is 12.6 Å². The van der Waals surface area contributed by atoms with Gasteiger partial charge in [-0.15, -0.1) is 0 Å². The number of aldehydes is 2. The van der Waals surface area contributed by atoms with Crippen LogP contribution in [0.1, 0.15) is 37.9 Å². The van der Waals surface area contributed by atoms with Crippen LogP contribution in [0.3, 0.4) is 0 Å². The first kappa shape index (κ1) is 33.2. The van der Waals surface area contributed by atoms with Gasteiger partial charge < -0.3 is 36.3 Å². The van der Waals surface area contributed by atoms with Gasteiger partial charge in [0.2, 0.25) is 0 Å². The number of hydrogen-bond acceptors (Lipinski definition) is 8. The van der Waals surface area contributed by atoms with Gasteiger partial charge in [-0.1, -0.05) is 25.0 Å². The van der Waals surface area contributed by atoms with Gasteiger partial charge in [0.1, 0.15) is 18.4 Å². The van der Waals surface area contributed by atoms with Crippen LogP contribution in [0.4, 0.5) is 0 Å². The molecule has 0 unspecified atom stereocenters. The molecule has 0 atom stereocenters. The van der Waals surface area contributed by atoms with Crippen molar-refractivity contribution in [3.63, 3.8) is 0 Å². The topological polar surface area (TPSA) is 143 Å². The number of hydrogen-bond donors (Lipinski definition) is 5. The van der Waals surface area contributed by atoms with E-state index < -0.39 is 0 Å². The van der Waals surface area contributed by atoms with Crippen LogP contribution in [0, 0.1) is 0 Å². The van der Waals surface area contributed by atoms with Crippen molar-refractivity contribution < 1.29 is 9.59 Å². The molecule has 0 aliphatic carbocycles. The first-order valence-electron chi connectivity index (χ1n) is 12.4. The van der Waals surface area contributed by atoms with Crippen molar-refractivity contribution in [2.45, 2.75) is 38.5 Å². The minimum Gasteiger partial charge on any atom is -0.403 e. The summed E-state index contributed by atoms with van der Waals surface area (Å²) < 4.78 is 1.84. The Balaban J connectivity index is 0.000000834. The fourth-order valence-corrected chi connectivity index (χ4v) is 2.91. The summed E-state index contributed by atoms with van der Waals surface area (Å²) >= 11 is 0. The van der Waals surface area contributed by atoms with E-state index in [0.717, 1.165) is 67.4 Å². The lowest BCUT2D eigenvalue weighted by molar-refractivity contribution is -0.108. The highest BCUT2D eigenvalue weighted by Crippen LogP contribution is 2.19. The zero-order valence-corrected chi connectivity index (χ0v) is 22.6. The molecule has 0 bridgehead atoms. The van der Waals surface area contributed by atoms with Gasteiger partial charge in [-0.25, -0.2) is 9.67 Å². The van der Waals surface area contributed by atoms with Crippen molar-refractivity contribution in [3.05, 3.63) is 67.1 Å². The highest BCUT2D eigenvalue weighted by Gasteiger charge is 2.04. The molecule has 204 valence electrons. The number of carbonyl (C=O) groups excluding carboxylic acids is 2. The molecule has 0 aliphatic rings. The number of aromatic amines is 1. The SMILES string of the molecule is CNC.CNC.N/C=C\NCC=O.O=CCCCCCCc1ncc(-c2ccc(-n3cccn3)cc2)[nH]1. The van der Waals surface area contributed by atoms with E-state index in [4.69, 9.17) is 5.73 Å². The standard InChI is InChI=1S/C19H22N4O.C4H8N2O.2C2H7N/c24-14-5-3-1-2-4-7-19-20-15-18(22-19)16-8-10-17(11-9-16)23-13-6-12-21-23;5-1-2-6-3-4-7;2*1-3-2/h6,8-15H,1-5,7H2,(H,20,22);1-2,4,6H,3,5H2;2*3H,1-2H3/b;2-1-;;. The molecule has 6 N–H and O–H groups in total. The van der Waals surface area contributed by atoms with Crippen LogP contribution in [-0.4, -0.2) is 67.1 Å². The van der Waals surface area contributed by atoms with Gasteiger partial charge in [-0.2, -0.15) is 5.10 Å². The summed E-state index contributed by atoms with van der Waals surface area (Å²) in [4.78, 5) is 27.7. The number of aromatic nitrogens is 4. The third kappa shape index (κ3) is 16.5. The molecule has 2 heterocycles. The van der Waals surface area contributed by atoms with Gasteiger partial charge in [0.25, 0.3) is 0 Å². The molecule has 0 aliphatic heterocycles. The zero-order chi connectivity index (χ0) is 27.6. The number of rotatable bonds is 12. The van der Waals surface area contributed by atoms with Crippen molar-refractivity contribution in [3.8, 4) is 16.9 Å². The Kier molecular flexibility index (Phi) is 21.5. The van der Waals surface area contributed by atoms with Crippen LogP contribution in [0.25, 0.3) is 16.9 Å². The first-order chi connectivity index (χ1) is 18.1. The van der Waals surface area contributed by atoms with Crippen molar-refractivity contribution in [2.24, 2.45) is 5.73 Å². The number of nitrogens with two attached hydrogens (primary N) is 1. The van der Waals surface area contributed by atoms with Crippen LogP contribution < -0.4 is 21.7 Å². The Hall–Kier alpha value is -3.76. The Morgan fingerprint density at radius 1 is 0.973 bits per heavy atom. The van der Waals surface area contributed by atoms with E-state index in [1.807, 2.05) is 51.3 Å². The second kappa shape index (κ2) is 24.0. The van der Waals surface area contributed by atoms with Crippen molar-refractivity contribution in [1.29, 1.82) is 0 Å². The molecule has 10 nitrogen and oxygen atoms in total. The Bertz CT molecular complexity index is 936. The number of imidazole rings is 1. The summed E-state index contributed by atoms with van der Waals surface area (Å²) in [5, 5.41) is 12.3. The van der Waals surface area contributed by atoms with E-state index >= 15 is 0 Å². The number of nitrogens with zero attached hydrogens (tertiary/aromatic N) is 3. The molecule has 0 amide bonds. The monoisotopic (exact) mass is 512 g/mol. The van der Waals surface area contributed by atoms with Crippen LogP contribution in [0.2, 0.25) is 0 Å². The quantitative estimate of drug-likeness (QED) is 0.184. The molecule has 0 saturated heterocycles. The summed E-state index contributed by atoms with van der Waals surface area (Å²) in [6.07, 6.45) is 16.2. The lowest BCUT2D eigenvalue weighted by Crippen LogP contribution is -2.07. The second-order valence-corrected chi connectivity index (χ2v) is 7.79. The van der Waals surface area contributed by atoms with Crippen LogP contribution in [-0.2, 0) is 16.0 Å². The molecule has 0 spiro atoms. The molecule has 3 rings (SSSR count). The summed E-state index contributed by atoms with van der Waals surface area (Å²) in [7, 11) is 7.50. The van der Waals surface area contributed by atoms with Crippen LogP contribution in [0.5, 0.6) is 0 Å². The van der Waals surface area contributed by atoms with E-state index in [-0.39, 0.29) is 0 Å². The molecule has 10 heteroatoms. The normalized spacial score (nSPS) is 9.73. The smallest absolute Gasteiger partial charge is 0.139 e. The van der Waals surface area contributed by atoms with Gasteiger partial charge in [-0.3, -0.25) is 0 Å². The van der Waals surface area contributed by atoms with E-state index in [2.05, 4.69) is 55.3 Å². The van der Waals surface area contributed by atoms with E-state index in [1.54, 1.807) is 6.20 Å². The average molecular weight is 513 g/mol. The molecule has 0 radical (unpaired) electrons. The predicted octanol–water partition coefficient (Wildman–Crippen LogP) is 2.83. The third-order valence-corrected chi connectivity index (χ3v) is 4.48. The number of unbranched alkanes of at least 4 members (excludes halogenated alkanes) is 4. The first-order valence-corrected chi connectivity index (χ1v) is 12.4. The largest absolute Gasteiger partial charge is 0.403 e. The van der Waals surface area contributed by atoms with E-state index in [1.165, 1.54) is 12.4 Å². The highest BCUT2D eigenvalue weighted by atomic mass is 16.1. The van der Waals surface area contributed by atoms with Gasteiger partial charge in [-0.05, 0) is 64.8 Å². The molecular formula is C27H44N8O2. The minimum atomic E-state index is 0.327. The van der Waals surface area contributed by atoms with E-state index in [0.29, 0.717) is 13.0 Å². The Morgan fingerprint density at radius 3 is 2.22 bits per heavy atom. The lowest BCUT2D eigenvalue weighted by atomic mass is 10.1. The van der Waals surface area contributed by atoms with Gasteiger partial charge >= 0.3 is 0 Å². The van der Waals surface area contributed by atoms with Gasteiger partial charge in [0, 0.05) is 37.6 Å². The molecule has 0 saturated carbocycles. The molecule has 2 aromatic heterocycles. The number of carbonyl (C=O) groups is 2. The van der Waals surface area contributed by atoms with Crippen LogP contribution >= 0.6 is 0 Å². The predicted molar refractivity (Wildman–Crippen MR) is 151 cm³/mol. The van der Waals surface area contributed by atoms with Crippen molar-refractivity contribution in [2.75, 3.05) is 34.7 Å². The average Bonchev–Trinajstić information content (AvgIpc) is 3.61. The maximum atomic E-state index is 10.3. The number of H-pyrrole nitrogens is 1. The summed E-state index contributed by atoms with van der Waals surface area (Å²) in [6.45, 7) is 0.327. The van der Waals surface area contributed by atoms with Crippen molar-refractivity contribution in [1.82, 2.24) is 35.7 Å². The maximum Gasteiger partial charge on any atom is 0.139 e. The number of aryl methyl sites for hydroxylation is 1. The fraction of sp³-hybridized carbons (Fsp3) is 0.407. The zero-order valence-electron chi connectivity index (χ0n) is 22.6. The summed E-state index contributed by atoms with van der Waals surface area (Å²) in [5.41, 5.74) is 8.11. The molecule has 3 aromatic rings. The number of benzene rings is 1. The van der Waals surface area contributed by atoms with Gasteiger partial charge in [0.05, 0.1) is 24.1 Å². The highest BCUT2D eigenvalue weighted by molar-refractivity contribution is 5.60. The molecule has 37 heavy (non-hydrogen) atoms. The summed E-state index contributed by atoms with van der Waals surface area (Å²) in [5.74, 6) is 1.02. The van der Waals surface area contributed by atoms with Crippen LogP contribution in [0.15, 0.2) is 61.3 Å². The summed E-state index contributed by atoms with van der Waals surface area (Å²) in [6, 6.07) is 10.2. The Morgan fingerprint density at radius 2 is 1.65 bits per heavy atom. The minimum absolute atomic E-state index is 0.327. The fourth-order valence-electron chi connectivity index (χ4n) is 2.91. The van der Waals surface area contributed by atoms with E-state index in [9.17, 15) is 9.59 Å². The second-order valence-electron chi connectivity index (χ2n) is 7.79. The number of nitrogens with one attached hydrogen (secondary N) is 4. The molecular weight excluding hydrogens is 468 g/mol. The molecule has 0 fully saturated rings. The maximum absolute atomic E-state index is 10.3. The van der Waals surface area contributed by atoms with Gasteiger partial charge in [0.15, 0.2) is 0 Å².